The van der Waals surface area contributed by atoms with Crippen LogP contribution < -0.4 is 5.56 Å². The van der Waals surface area contributed by atoms with Crippen LogP contribution in [0.1, 0.15) is 66.7 Å². The van der Waals surface area contributed by atoms with Crippen LogP contribution in [-0.4, -0.2) is 54.5 Å². The number of carbonyl (C=O) groups is 2. The SMILES string of the molecule is CCC(=O)N1CCCC1c1nc2c(c(=O)[nH]1)CN(C(=O)c1ccnn1CC)CC2. The van der Waals surface area contributed by atoms with Crippen LogP contribution in [0.2, 0.25) is 0 Å². The first-order valence-corrected chi connectivity index (χ1v) is 10.3. The van der Waals surface area contributed by atoms with Crippen molar-refractivity contribution < 1.29 is 9.59 Å². The van der Waals surface area contributed by atoms with Crippen molar-refractivity contribution >= 4 is 11.8 Å². The zero-order valence-electron chi connectivity index (χ0n) is 16.8. The van der Waals surface area contributed by atoms with E-state index in [1.165, 1.54) is 0 Å². The average Bonchev–Trinajstić information content (AvgIpc) is 3.41. The molecular weight excluding hydrogens is 372 g/mol. The van der Waals surface area contributed by atoms with Gasteiger partial charge in [0.15, 0.2) is 0 Å². The molecule has 1 unspecified atom stereocenters. The van der Waals surface area contributed by atoms with E-state index in [4.69, 9.17) is 4.98 Å². The molecule has 4 rings (SSSR count). The van der Waals surface area contributed by atoms with Crippen LogP contribution in [-0.2, 0) is 24.3 Å². The summed E-state index contributed by atoms with van der Waals surface area (Å²) in [6, 6.07) is 1.53. The molecule has 1 saturated heterocycles. The number of aryl methyl sites for hydroxylation is 1. The number of hydrogen-bond acceptors (Lipinski definition) is 5. The Hall–Kier alpha value is -2.97. The number of fused-ring (bicyclic) bond motifs is 1. The van der Waals surface area contributed by atoms with Crippen LogP contribution >= 0.6 is 0 Å². The van der Waals surface area contributed by atoms with Gasteiger partial charge in [-0.2, -0.15) is 5.10 Å². The Morgan fingerprint density at radius 1 is 1.28 bits per heavy atom. The molecule has 1 fully saturated rings. The van der Waals surface area contributed by atoms with Crippen LogP contribution in [0.15, 0.2) is 17.1 Å². The lowest BCUT2D eigenvalue weighted by Gasteiger charge is -2.29. The largest absolute Gasteiger partial charge is 0.333 e. The molecule has 0 radical (unpaired) electrons. The molecule has 9 heteroatoms. The second-order valence-corrected chi connectivity index (χ2v) is 7.48. The summed E-state index contributed by atoms with van der Waals surface area (Å²) in [4.78, 5) is 49.0. The maximum atomic E-state index is 12.9. The Labute approximate surface area is 168 Å². The van der Waals surface area contributed by atoms with Gasteiger partial charge in [-0.3, -0.25) is 19.1 Å². The second-order valence-electron chi connectivity index (χ2n) is 7.48. The van der Waals surface area contributed by atoms with E-state index < -0.39 is 0 Å². The zero-order chi connectivity index (χ0) is 20.5. The van der Waals surface area contributed by atoms with Crippen LogP contribution in [0.4, 0.5) is 0 Å². The van der Waals surface area contributed by atoms with Crippen LogP contribution in [0.5, 0.6) is 0 Å². The second kappa shape index (κ2) is 7.81. The van der Waals surface area contributed by atoms with Gasteiger partial charge in [0.25, 0.3) is 11.5 Å². The van der Waals surface area contributed by atoms with Gasteiger partial charge in [-0.25, -0.2) is 4.98 Å². The molecule has 9 nitrogen and oxygen atoms in total. The van der Waals surface area contributed by atoms with E-state index in [0.717, 1.165) is 18.5 Å². The van der Waals surface area contributed by atoms with Crippen LogP contribution in [0.25, 0.3) is 0 Å². The molecule has 0 saturated carbocycles. The van der Waals surface area contributed by atoms with Crippen LogP contribution in [0, 0.1) is 0 Å². The molecule has 0 bridgehead atoms. The predicted molar refractivity (Wildman–Crippen MR) is 105 cm³/mol. The minimum Gasteiger partial charge on any atom is -0.333 e. The first-order chi connectivity index (χ1) is 14.0. The number of rotatable bonds is 4. The lowest BCUT2D eigenvalue weighted by Crippen LogP contribution is -2.41. The number of H-pyrrole nitrogens is 1. The molecule has 4 heterocycles. The van der Waals surface area contributed by atoms with Gasteiger partial charge < -0.3 is 14.8 Å². The molecular formula is C20H26N6O3. The molecule has 0 spiro atoms. The summed E-state index contributed by atoms with van der Waals surface area (Å²) in [5.41, 5.74) is 1.56. The minimum absolute atomic E-state index is 0.0807. The highest BCUT2D eigenvalue weighted by Gasteiger charge is 2.33. The van der Waals surface area contributed by atoms with E-state index >= 15 is 0 Å². The molecule has 29 heavy (non-hydrogen) atoms. The zero-order valence-corrected chi connectivity index (χ0v) is 16.8. The summed E-state index contributed by atoms with van der Waals surface area (Å²) in [5, 5.41) is 4.15. The molecule has 0 aromatic carbocycles. The van der Waals surface area contributed by atoms with E-state index in [-0.39, 0.29) is 30.0 Å². The number of aromatic amines is 1. The summed E-state index contributed by atoms with van der Waals surface area (Å²) >= 11 is 0. The van der Waals surface area contributed by atoms with E-state index in [0.29, 0.717) is 49.6 Å². The predicted octanol–water partition coefficient (Wildman–Crippen LogP) is 1.26. The van der Waals surface area contributed by atoms with Gasteiger partial charge in [-0.15, -0.1) is 0 Å². The van der Waals surface area contributed by atoms with Gasteiger partial charge in [0.2, 0.25) is 5.91 Å². The smallest absolute Gasteiger partial charge is 0.272 e. The molecule has 154 valence electrons. The van der Waals surface area contributed by atoms with Gasteiger partial charge >= 0.3 is 0 Å². The third-order valence-corrected chi connectivity index (χ3v) is 5.80. The van der Waals surface area contributed by atoms with Gasteiger partial charge in [0.05, 0.1) is 23.8 Å². The standard InChI is InChI=1S/C20H26N6O3/c1-3-17(27)25-10-5-6-15(25)18-22-14-8-11-24(12-13(14)19(28)23-18)20(29)16-7-9-21-26(16)4-2/h7,9,15H,3-6,8,10-12H2,1-2H3,(H,22,23,28). The third-order valence-electron chi connectivity index (χ3n) is 5.80. The number of nitrogens with one attached hydrogen (secondary N) is 1. The van der Waals surface area contributed by atoms with Gasteiger partial charge in [0.1, 0.15) is 11.5 Å². The minimum atomic E-state index is -0.220. The fourth-order valence-electron chi connectivity index (χ4n) is 4.26. The van der Waals surface area contributed by atoms with Crippen LogP contribution in [0.3, 0.4) is 0 Å². The summed E-state index contributed by atoms with van der Waals surface area (Å²) in [5.74, 6) is 0.517. The molecule has 2 aromatic rings. The number of nitrogens with zero attached hydrogens (tertiary/aromatic N) is 5. The maximum Gasteiger partial charge on any atom is 0.272 e. The maximum absolute atomic E-state index is 12.9. The molecule has 0 aliphatic carbocycles. The van der Waals surface area contributed by atoms with Crippen molar-refractivity contribution in [2.24, 2.45) is 0 Å². The fourth-order valence-corrected chi connectivity index (χ4v) is 4.26. The van der Waals surface area contributed by atoms with E-state index in [2.05, 4.69) is 10.1 Å². The van der Waals surface area contributed by atoms with Crippen molar-refractivity contribution in [3.63, 3.8) is 0 Å². The Balaban J connectivity index is 1.58. The molecule has 2 aliphatic heterocycles. The summed E-state index contributed by atoms with van der Waals surface area (Å²) in [6.07, 6.45) is 4.29. The lowest BCUT2D eigenvalue weighted by molar-refractivity contribution is -0.131. The van der Waals surface area contributed by atoms with Crippen molar-refractivity contribution in [1.82, 2.24) is 29.5 Å². The fraction of sp³-hybridized carbons (Fsp3) is 0.550. The molecule has 2 aliphatic rings. The summed E-state index contributed by atoms with van der Waals surface area (Å²) < 4.78 is 1.66. The molecule has 2 aromatic heterocycles. The third kappa shape index (κ3) is 3.45. The monoisotopic (exact) mass is 398 g/mol. The Bertz CT molecular complexity index is 994. The van der Waals surface area contributed by atoms with Gasteiger partial charge in [-0.05, 0) is 25.8 Å². The van der Waals surface area contributed by atoms with Crippen molar-refractivity contribution in [2.75, 3.05) is 13.1 Å². The number of likely N-dealkylation sites (tertiary alicyclic amines) is 1. The van der Waals surface area contributed by atoms with Crippen molar-refractivity contribution in [3.8, 4) is 0 Å². The van der Waals surface area contributed by atoms with Gasteiger partial charge in [0, 0.05) is 38.7 Å². The molecule has 1 N–H and O–H groups in total. The Morgan fingerprint density at radius 2 is 2.10 bits per heavy atom. The highest BCUT2D eigenvalue weighted by atomic mass is 16.2. The summed E-state index contributed by atoms with van der Waals surface area (Å²) in [7, 11) is 0. The first-order valence-electron chi connectivity index (χ1n) is 10.3. The van der Waals surface area contributed by atoms with E-state index in [9.17, 15) is 14.4 Å². The number of hydrogen-bond donors (Lipinski definition) is 1. The normalized spacial score (nSPS) is 18.8. The lowest BCUT2D eigenvalue weighted by atomic mass is 10.1. The average molecular weight is 398 g/mol. The number of amides is 2. The molecule has 2 amide bonds. The summed E-state index contributed by atoms with van der Waals surface area (Å²) in [6.45, 7) is 5.81. The van der Waals surface area contributed by atoms with E-state index in [1.807, 2.05) is 18.7 Å². The van der Waals surface area contributed by atoms with Crippen molar-refractivity contribution in [2.45, 2.75) is 58.7 Å². The topological polar surface area (TPSA) is 104 Å². The van der Waals surface area contributed by atoms with Crippen molar-refractivity contribution in [1.29, 1.82) is 0 Å². The Kier molecular flexibility index (Phi) is 5.21. The Morgan fingerprint density at radius 3 is 2.86 bits per heavy atom. The highest BCUT2D eigenvalue weighted by molar-refractivity contribution is 5.92. The first kappa shape index (κ1) is 19.4. The van der Waals surface area contributed by atoms with Gasteiger partial charge in [-0.1, -0.05) is 6.92 Å². The number of carbonyl (C=O) groups excluding carboxylic acids is 2. The quantitative estimate of drug-likeness (QED) is 0.835. The highest BCUT2D eigenvalue weighted by Crippen LogP contribution is 2.30. The van der Waals surface area contributed by atoms with E-state index in [1.54, 1.807) is 21.8 Å². The van der Waals surface area contributed by atoms with Crippen molar-refractivity contribution in [3.05, 3.63) is 45.4 Å². The number of aromatic nitrogens is 4. The molecule has 1 atom stereocenters.